The van der Waals surface area contributed by atoms with Crippen molar-refractivity contribution in [1.29, 1.82) is 0 Å². The Bertz CT molecular complexity index is 950. The summed E-state index contributed by atoms with van der Waals surface area (Å²) in [7, 11) is 0. The number of carbonyl (C=O) groups excluding carboxylic acids is 1. The summed E-state index contributed by atoms with van der Waals surface area (Å²) in [5.41, 5.74) is 4.00. The molecule has 0 aromatic heterocycles. The van der Waals surface area contributed by atoms with Crippen LogP contribution in [0.2, 0.25) is 5.02 Å². The fourth-order valence-corrected chi connectivity index (χ4v) is 3.83. The summed E-state index contributed by atoms with van der Waals surface area (Å²) in [5, 5.41) is 3.55. The third-order valence-corrected chi connectivity index (χ3v) is 5.69. The lowest BCUT2D eigenvalue weighted by molar-refractivity contribution is 0.102. The maximum Gasteiger partial charge on any atom is 0.255 e. The van der Waals surface area contributed by atoms with E-state index in [-0.39, 0.29) is 5.91 Å². The minimum Gasteiger partial charge on any atom is -0.322 e. The molecule has 0 aliphatic carbocycles. The van der Waals surface area contributed by atoms with Crippen molar-refractivity contribution in [3.63, 3.8) is 0 Å². The van der Waals surface area contributed by atoms with Crippen LogP contribution in [0, 0.1) is 0 Å². The summed E-state index contributed by atoms with van der Waals surface area (Å²) in [5.74, 6) is -0.113. The van der Waals surface area contributed by atoms with E-state index in [4.69, 9.17) is 11.6 Å². The number of nitrogens with zero attached hydrogens (tertiary/aromatic N) is 2. The van der Waals surface area contributed by atoms with Gasteiger partial charge in [-0.3, -0.25) is 14.6 Å². The highest BCUT2D eigenvalue weighted by molar-refractivity contribution is 6.30. The molecule has 0 atom stereocenters. The molecule has 1 N–H and O–H groups in total. The number of nitrogens with one attached hydrogen (secondary N) is 1. The molecule has 30 heavy (non-hydrogen) atoms. The topological polar surface area (TPSA) is 35.6 Å². The predicted molar refractivity (Wildman–Crippen MR) is 123 cm³/mol. The van der Waals surface area contributed by atoms with Crippen molar-refractivity contribution in [1.82, 2.24) is 9.80 Å². The first-order valence-electron chi connectivity index (χ1n) is 10.3. The van der Waals surface area contributed by atoms with Gasteiger partial charge in [-0.05, 0) is 47.5 Å². The summed E-state index contributed by atoms with van der Waals surface area (Å²) >= 11 is 5.89. The first-order chi connectivity index (χ1) is 14.7. The van der Waals surface area contributed by atoms with E-state index in [2.05, 4.69) is 45.4 Å². The van der Waals surface area contributed by atoms with Gasteiger partial charge in [0, 0.05) is 55.5 Å². The summed E-state index contributed by atoms with van der Waals surface area (Å²) < 4.78 is 0. The van der Waals surface area contributed by atoms with Gasteiger partial charge in [-0.2, -0.15) is 0 Å². The quantitative estimate of drug-likeness (QED) is 0.616. The highest BCUT2D eigenvalue weighted by atomic mass is 35.5. The van der Waals surface area contributed by atoms with Crippen LogP contribution in [0.1, 0.15) is 21.5 Å². The van der Waals surface area contributed by atoms with E-state index in [1.54, 1.807) is 24.3 Å². The van der Waals surface area contributed by atoms with Crippen molar-refractivity contribution in [3.05, 3.63) is 101 Å². The molecule has 4 nitrogen and oxygen atoms in total. The Morgan fingerprint density at radius 1 is 0.733 bits per heavy atom. The van der Waals surface area contributed by atoms with E-state index < -0.39 is 0 Å². The fourth-order valence-electron chi connectivity index (χ4n) is 3.70. The van der Waals surface area contributed by atoms with Gasteiger partial charge in [-0.25, -0.2) is 0 Å². The van der Waals surface area contributed by atoms with Crippen molar-refractivity contribution in [3.8, 4) is 0 Å². The summed E-state index contributed by atoms with van der Waals surface area (Å²) in [6.45, 7) is 6.22. The van der Waals surface area contributed by atoms with Crippen LogP contribution in [-0.4, -0.2) is 41.9 Å². The Labute approximate surface area is 183 Å². The number of carbonyl (C=O) groups is 1. The molecule has 1 fully saturated rings. The van der Waals surface area contributed by atoms with Gasteiger partial charge in [-0.1, -0.05) is 54.1 Å². The van der Waals surface area contributed by atoms with Gasteiger partial charge in [0.25, 0.3) is 5.91 Å². The number of piperazine rings is 1. The Kier molecular flexibility index (Phi) is 6.80. The van der Waals surface area contributed by atoms with Gasteiger partial charge in [0.05, 0.1) is 0 Å². The highest BCUT2D eigenvalue weighted by Gasteiger charge is 2.17. The molecule has 0 unspecified atom stereocenters. The second-order valence-corrected chi connectivity index (χ2v) is 8.13. The van der Waals surface area contributed by atoms with E-state index in [0.717, 1.165) is 45.0 Å². The van der Waals surface area contributed by atoms with E-state index in [0.29, 0.717) is 10.6 Å². The number of rotatable bonds is 6. The van der Waals surface area contributed by atoms with E-state index in [1.165, 1.54) is 11.1 Å². The minimum atomic E-state index is -0.113. The number of benzene rings is 3. The highest BCUT2D eigenvalue weighted by Crippen LogP contribution is 2.16. The average molecular weight is 420 g/mol. The largest absolute Gasteiger partial charge is 0.322 e. The van der Waals surface area contributed by atoms with Crippen molar-refractivity contribution in [2.24, 2.45) is 0 Å². The van der Waals surface area contributed by atoms with Crippen LogP contribution in [-0.2, 0) is 13.1 Å². The third-order valence-electron chi connectivity index (χ3n) is 5.44. The molecule has 0 spiro atoms. The smallest absolute Gasteiger partial charge is 0.255 e. The van der Waals surface area contributed by atoms with Crippen LogP contribution in [0.5, 0.6) is 0 Å². The van der Waals surface area contributed by atoms with Gasteiger partial charge < -0.3 is 5.32 Å². The molecule has 3 aromatic rings. The Hall–Kier alpha value is -2.66. The van der Waals surface area contributed by atoms with Gasteiger partial charge in [0.1, 0.15) is 0 Å². The average Bonchev–Trinajstić information content (AvgIpc) is 2.78. The van der Waals surface area contributed by atoms with Gasteiger partial charge >= 0.3 is 0 Å². The SMILES string of the molecule is O=C(Nc1ccc(Cl)cc1)c1ccc(CN2CCN(Cc3ccccc3)CC2)cc1. The first kappa shape index (κ1) is 20.6. The van der Waals surface area contributed by atoms with Crippen LogP contribution in [0.3, 0.4) is 0 Å². The molecule has 154 valence electrons. The molecule has 0 radical (unpaired) electrons. The Morgan fingerprint density at radius 3 is 1.83 bits per heavy atom. The lowest BCUT2D eigenvalue weighted by Crippen LogP contribution is -2.45. The zero-order chi connectivity index (χ0) is 20.8. The number of hydrogen-bond donors (Lipinski definition) is 1. The van der Waals surface area contributed by atoms with Crippen molar-refractivity contribution in [2.75, 3.05) is 31.5 Å². The van der Waals surface area contributed by atoms with Crippen LogP contribution < -0.4 is 5.32 Å². The molecule has 1 aliphatic rings. The standard InChI is InChI=1S/C25H26ClN3O/c26-23-10-12-24(13-11-23)27-25(30)22-8-6-21(7-9-22)19-29-16-14-28(15-17-29)18-20-4-2-1-3-5-20/h1-13H,14-19H2,(H,27,30). The van der Waals surface area contributed by atoms with Crippen LogP contribution in [0.25, 0.3) is 0 Å². The third kappa shape index (κ3) is 5.70. The summed E-state index contributed by atoms with van der Waals surface area (Å²) in [6, 6.07) is 25.7. The Morgan fingerprint density at radius 2 is 1.27 bits per heavy atom. The second kappa shape index (κ2) is 9.90. The van der Waals surface area contributed by atoms with Crippen LogP contribution in [0.4, 0.5) is 5.69 Å². The van der Waals surface area contributed by atoms with E-state index in [1.807, 2.05) is 24.3 Å². The molecular formula is C25H26ClN3O. The van der Waals surface area contributed by atoms with Crippen LogP contribution in [0.15, 0.2) is 78.9 Å². The summed E-state index contributed by atoms with van der Waals surface area (Å²) in [4.78, 5) is 17.4. The molecule has 1 heterocycles. The van der Waals surface area contributed by atoms with Crippen LogP contribution >= 0.6 is 11.6 Å². The lowest BCUT2D eigenvalue weighted by atomic mass is 10.1. The normalized spacial score (nSPS) is 15.1. The molecule has 4 rings (SSSR count). The summed E-state index contributed by atoms with van der Waals surface area (Å²) in [6.07, 6.45) is 0. The molecule has 0 saturated carbocycles. The van der Waals surface area contributed by atoms with Gasteiger partial charge in [0.15, 0.2) is 0 Å². The molecule has 5 heteroatoms. The lowest BCUT2D eigenvalue weighted by Gasteiger charge is -2.34. The van der Waals surface area contributed by atoms with Crippen molar-refractivity contribution >= 4 is 23.2 Å². The van der Waals surface area contributed by atoms with Crippen molar-refractivity contribution in [2.45, 2.75) is 13.1 Å². The van der Waals surface area contributed by atoms with Crippen molar-refractivity contribution < 1.29 is 4.79 Å². The Balaban J connectivity index is 1.25. The number of amides is 1. The van der Waals surface area contributed by atoms with Gasteiger partial charge in [-0.15, -0.1) is 0 Å². The van der Waals surface area contributed by atoms with Gasteiger partial charge in [0.2, 0.25) is 0 Å². The minimum absolute atomic E-state index is 0.113. The molecule has 1 saturated heterocycles. The maximum atomic E-state index is 12.4. The molecule has 0 bridgehead atoms. The molecule has 3 aromatic carbocycles. The molecular weight excluding hydrogens is 394 g/mol. The number of hydrogen-bond acceptors (Lipinski definition) is 3. The maximum absolute atomic E-state index is 12.4. The zero-order valence-electron chi connectivity index (χ0n) is 16.9. The second-order valence-electron chi connectivity index (χ2n) is 7.70. The monoisotopic (exact) mass is 419 g/mol. The number of halogens is 1. The molecule has 1 amide bonds. The zero-order valence-corrected chi connectivity index (χ0v) is 17.7. The van der Waals surface area contributed by atoms with E-state index in [9.17, 15) is 4.79 Å². The fraction of sp³-hybridized carbons (Fsp3) is 0.240. The number of anilines is 1. The van der Waals surface area contributed by atoms with E-state index >= 15 is 0 Å². The molecule has 1 aliphatic heterocycles. The first-order valence-corrected chi connectivity index (χ1v) is 10.7. The predicted octanol–water partition coefficient (Wildman–Crippen LogP) is 4.91.